The van der Waals surface area contributed by atoms with E-state index >= 15 is 0 Å². The number of ether oxygens (including phenoxy) is 1. The second-order valence-corrected chi connectivity index (χ2v) is 8.64. The lowest BCUT2D eigenvalue weighted by atomic mass is 9.88. The molecular weight excluding hydrogens is 348 g/mol. The Balaban J connectivity index is 2.48. The molecule has 0 saturated carbocycles. The average Bonchev–Trinajstić information content (AvgIpc) is 2.59. The molecule has 0 atom stereocenters. The van der Waals surface area contributed by atoms with Gasteiger partial charge in [0.1, 0.15) is 5.75 Å². The average molecular weight is 372 g/mol. The summed E-state index contributed by atoms with van der Waals surface area (Å²) in [6.07, 6.45) is 0. The van der Waals surface area contributed by atoms with Crippen LogP contribution in [0.3, 0.4) is 0 Å². The van der Waals surface area contributed by atoms with Gasteiger partial charge in [0.15, 0.2) is 0 Å². The first-order chi connectivity index (χ1) is 12.1. The summed E-state index contributed by atoms with van der Waals surface area (Å²) in [5.74, 6) is 0.719. The van der Waals surface area contributed by atoms with E-state index < -0.39 is 15.3 Å². The van der Waals surface area contributed by atoms with E-state index in [0.717, 1.165) is 11.2 Å². The molecule has 0 unspecified atom stereocenters. The van der Waals surface area contributed by atoms with Crippen molar-refractivity contribution in [2.75, 3.05) is 7.11 Å². The monoisotopic (exact) mass is 372 g/mol. The molecule has 0 aliphatic heterocycles. The first kappa shape index (κ1) is 19.7. The minimum atomic E-state index is -3.66. The van der Waals surface area contributed by atoms with Gasteiger partial charge in [-0.1, -0.05) is 39.0 Å². The summed E-state index contributed by atoms with van der Waals surface area (Å²) in [6, 6.07) is 15.4. The summed E-state index contributed by atoms with van der Waals surface area (Å²) in [4.78, 5) is 4.78. The first-order valence-corrected chi connectivity index (χ1v) is 9.69. The van der Waals surface area contributed by atoms with E-state index in [1.54, 1.807) is 49.6 Å². The van der Waals surface area contributed by atoms with Crippen molar-refractivity contribution >= 4 is 21.2 Å². The van der Waals surface area contributed by atoms with E-state index in [0.29, 0.717) is 11.4 Å². The summed E-state index contributed by atoms with van der Waals surface area (Å²) in [5.41, 5.74) is 7.02. The van der Waals surface area contributed by atoms with Gasteiger partial charge in [-0.05, 0) is 36.4 Å². The van der Waals surface area contributed by atoms with Crippen molar-refractivity contribution in [3.63, 3.8) is 0 Å². The highest BCUT2D eigenvalue weighted by Crippen LogP contribution is 2.26. The molecule has 2 rings (SSSR count). The summed E-state index contributed by atoms with van der Waals surface area (Å²) >= 11 is 0. The Hall–Kier alpha value is -2.60. The minimum absolute atomic E-state index is 0.122. The van der Waals surface area contributed by atoms with Crippen molar-refractivity contribution in [3.8, 4) is 5.75 Å². The number of hydrogen-bond donors (Lipinski definition) is 1. The zero-order chi connectivity index (χ0) is 19.4. The summed E-state index contributed by atoms with van der Waals surface area (Å²) in [5, 5.41) is 1.08. The highest BCUT2D eigenvalue weighted by molar-refractivity contribution is 7.94. The van der Waals surface area contributed by atoms with Crippen LogP contribution >= 0.6 is 0 Å². The van der Waals surface area contributed by atoms with Gasteiger partial charge in [-0.25, -0.2) is 8.42 Å². The molecule has 0 saturated heterocycles. The zero-order valence-electron chi connectivity index (χ0n) is 15.4. The molecule has 0 amide bonds. The van der Waals surface area contributed by atoms with Gasteiger partial charge in [-0.2, -0.15) is 0 Å². The van der Waals surface area contributed by atoms with Crippen LogP contribution in [0.2, 0.25) is 0 Å². The van der Waals surface area contributed by atoms with Crippen LogP contribution in [-0.4, -0.2) is 21.2 Å². The van der Waals surface area contributed by atoms with Crippen LogP contribution in [-0.2, 0) is 9.84 Å². The SMILES string of the molecule is COc1ccc(N=C(/C(N)=C/S(=O)(=O)c2ccccc2)C(C)(C)C)cc1. The van der Waals surface area contributed by atoms with Crippen LogP contribution < -0.4 is 10.5 Å². The van der Waals surface area contributed by atoms with Crippen LogP contribution in [0.5, 0.6) is 5.75 Å². The third-order valence-corrected chi connectivity index (χ3v) is 5.14. The molecule has 0 aliphatic carbocycles. The summed E-state index contributed by atoms with van der Waals surface area (Å²) in [6.45, 7) is 5.81. The van der Waals surface area contributed by atoms with Crippen molar-refractivity contribution in [1.82, 2.24) is 0 Å². The second kappa shape index (κ2) is 7.74. The van der Waals surface area contributed by atoms with E-state index in [2.05, 4.69) is 4.99 Å². The Morgan fingerprint density at radius 2 is 1.62 bits per heavy atom. The van der Waals surface area contributed by atoms with Gasteiger partial charge < -0.3 is 10.5 Å². The molecule has 26 heavy (non-hydrogen) atoms. The van der Waals surface area contributed by atoms with Gasteiger partial charge in [0.05, 0.1) is 34.5 Å². The van der Waals surface area contributed by atoms with Crippen molar-refractivity contribution in [2.24, 2.45) is 16.1 Å². The lowest BCUT2D eigenvalue weighted by Crippen LogP contribution is -2.27. The third-order valence-electron chi connectivity index (χ3n) is 3.65. The molecule has 0 bridgehead atoms. The van der Waals surface area contributed by atoms with Crippen LogP contribution in [0.1, 0.15) is 20.8 Å². The van der Waals surface area contributed by atoms with Gasteiger partial charge in [0.2, 0.25) is 9.84 Å². The Kier molecular flexibility index (Phi) is 5.87. The highest BCUT2D eigenvalue weighted by atomic mass is 32.2. The maximum Gasteiger partial charge on any atom is 0.201 e. The maximum absolute atomic E-state index is 12.6. The maximum atomic E-state index is 12.6. The first-order valence-electron chi connectivity index (χ1n) is 8.14. The zero-order valence-corrected chi connectivity index (χ0v) is 16.2. The smallest absolute Gasteiger partial charge is 0.201 e. The van der Waals surface area contributed by atoms with E-state index in [1.165, 1.54) is 12.1 Å². The number of nitrogens with zero attached hydrogens (tertiary/aromatic N) is 1. The molecule has 2 aromatic carbocycles. The Morgan fingerprint density at radius 1 is 1.04 bits per heavy atom. The van der Waals surface area contributed by atoms with Gasteiger partial charge in [-0.15, -0.1) is 0 Å². The fraction of sp³-hybridized carbons (Fsp3) is 0.250. The van der Waals surface area contributed by atoms with Gasteiger partial charge in [0.25, 0.3) is 0 Å². The molecular formula is C20H24N2O3S. The van der Waals surface area contributed by atoms with Crippen molar-refractivity contribution in [3.05, 3.63) is 65.7 Å². The van der Waals surface area contributed by atoms with E-state index in [9.17, 15) is 8.42 Å². The quantitative estimate of drug-likeness (QED) is 0.802. The molecule has 0 aliphatic rings. The molecule has 138 valence electrons. The largest absolute Gasteiger partial charge is 0.497 e. The van der Waals surface area contributed by atoms with Crippen molar-refractivity contribution < 1.29 is 13.2 Å². The molecule has 0 fully saturated rings. The van der Waals surface area contributed by atoms with Gasteiger partial charge in [0, 0.05) is 5.41 Å². The number of benzene rings is 2. The highest BCUT2D eigenvalue weighted by Gasteiger charge is 2.24. The molecule has 6 heteroatoms. The van der Waals surface area contributed by atoms with Crippen LogP contribution in [0.15, 0.2) is 75.6 Å². The fourth-order valence-corrected chi connectivity index (χ4v) is 3.47. The molecule has 0 radical (unpaired) electrons. The van der Waals surface area contributed by atoms with Gasteiger partial charge in [-0.3, -0.25) is 4.99 Å². The molecule has 2 N–H and O–H groups in total. The van der Waals surface area contributed by atoms with Crippen LogP contribution in [0, 0.1) is 5.41 Å². The number of nitrogens with two attached hydrogens (primary N) is 1. The molecule has 2 aromatic rings. The Bertz CT molecular complexity index is 908. The number of aliphatic imine (C=N–C) groups is 1. The fourth-order valence-electron chi connectivity index (χ4n) is 2.35. The second-order valence-electron chi connectivity index (χ2n) is 6.84. The Morgan fingerprint density at radius 3 is 2.12 bits per heavy atom. The number of methoxy groups -OCH3 is 1. The summed E-state index contributed by atoms with van der Waals surface area (Å²) in [7, 11) is -2.06. The molecule has 0 spiro atoms. The normalized spacial score (nSPS) is 13.5. The van der Waals surface area contributed by atoms with E-state index in [-0.39, 0.29) is 10.6 Å². The predicted molar refractivity (Wildman–Crippen MR) is 105 cm³/mol. The predicted octanol–water partition coefficient (Wildman–Crippen LogP) is 4.09. The van der Waals surface area contributed by atoms with Crippen LogP contribution in [0.25, 0.3) is 0 Å². The Labute approximate surface area is 155 Å². The number of sulfone groups is 1. The lowest BCUT2D eigenvalue weighted by Gasteiger charge is -2.22. The van der Waals surface area contributed by atoms with Crippen LogP contribution in [0.4, 0.5) is 5.69 Å². The molecule has 0 aromatic heterocycles. The van der Waals surface area contributed by atoms with Crippen molar-refractivity contribution in [2.45, 2.75) is 25.7 Å². The summed E-state index contributed by atoms with van der Waals surface area (Å²) < 4.78 is 30.3. The van der Waals surface area contributed by atoms with Crippen molar-refractivity contribution in [1.29, 1.82) is 0 Å². The minimum Gasteiger partial charge on any atom is -0.497 e. The lowest BCUT2D eigenvalue weighted by molar-refractivity contribution is 0.415. The third kappa shape index (κ3) is 4.95. The topological polar surface area (TPSA) is 81.8 Å². The number of allylic oxidation sites excluding steroid dienone is 1. The van der Waals surface area contributed by atoms with Gasteiger partial charge >= 0.3 is 0 Å². The number of rotatable bonds is 5. The van der Waals surface area contributed by atoms with E-state index in [4.69, 9.17) is 10.5 Å². The van der Waals surface area contributed by atoms with E-state index in [1.807, 2.05) is 20.8 Å². The number of hydrogen-bond acceptors (Lipinski definition) is 5. The molecule has 5 nitrogen and oxygen atoms in total. The standard InChI is InChI=1S/C20H24N2O3S/c1-20(2,3)19(22-15-10-12-16(25-4)13-11-15)18(21)14-26(23,24)17-8-6-5-7-9-17/h5-14H,21H2,1-4H3/b18-14-,22-19?. The molecule has 0 heterocycles.